The minimum atomic E-state index is -3.92. The molecular formula is C18H23Cl2N3O5S. The second kappa shape index (κ2) is 8.89. The van der Waals surface area contributed by atoms with Crippen molar-refractivity contribution >= 4 is 39.1 Å². The van der Waals surface area contributed by atoms with E-state index in [9.17, 15) is 13.2 Å². The van der Waals surface area contributed by atoms with Gasteiger partial charge in [0.1, 0.15) is 11.6 Å². The Kier molecular flexibility index (Phi) is 7.19. The van der Waals surface area contributed by atoms with E-state index in [-0.39, 0.29) is 16.8 Å². The van der Waals surface area contributed by atoms with E-state index < -0.39 is 38.5 Å². The van der Waals surface area contributed by atoms with Crippen molar-refractivity contribution in [2.75, 3.05) is 0 Å². The molecule has 1 amide bonds. The number of nitrogens with zero attached hydrogens (tertiary/aromatic N) is 2. The summed E-state index contributed by atoms with van der Waals surface area (Å²) in [6.45, 7) is 8.83. The van der Waals surface area contributed by atoms with Crippen molar-refractivity contribution in [3.63, 3.8) is 0 Å². The van der Waals surface area contributed by atoms with E-state index in [2.05, 4.69) is 15.5 Å². The van der Waals surface area contributed by atoms with Crippen LogP contribution in [0.2, 0.25) is 10.0 Å². The third-order valence-corrected chi connectivity index (χ3v) is 5.78. The molecule has 0 bridgehead atoms. The summed E-state index contributed by atoms with van der Waals surface area (Å²) in [4.78, 5) is 12.1. The standard InChI is InChI=1S/C18H23Cl2N3O5S/c1-10(2)14(21-16(24)28-18(3,4)5)15-22-23-17(27-15)29(25,26)9-11-6-7-12(19)13(20)8-11/h6-8,10,14H,9H2,1-5H3,(H,21,24)/t14-/m0/s1. The van der Waals surface area contributed by atoms with Crippen molar-refractivity contribution in [1.82, 2.24) is 15.5 Å². The minimum Gasteiger partial charge on any atom is -0.444 e. The van der Waals surface area contributed by atoms with Crippen molar-refractivity contribution in [2.45, 2.75) is 57.2 Å². The molecule has 0 saturated heterocycles. The normalized spacial score (nSPS) is 13.4. The van der Waals surface area contributed by atoms with Gasteiger partial charge in [0.2, 0.25) is 15.7 Å². The number of ether oxygens (including phenoxy) is 1. The van der Waals surface area contributed by atoms with Gasteiger partial charge >= 0.3 is 11.3 Å². The highest BCUT2D eigenvalue weighted by Crippen LogP contribution is 2.26. The number of sulfone groups is 1. The maximum atomic E-state index is 12.6. The molecule has 1 N–H and O–H groups in total. The molecule has 29 heavy (non-hydrogen) atoms. The van der Waals surface area contributed by atoms with Crippen molar-refractivity contribution in [1.29, 1.82) is 0 Å². The summed E-state index contributed by atoms with van der Waals surface area (Å²) in [5.41, 5.74) is -0.263. The molecule has 160 valence electrons. The van der Waals surface area contributed by atoms with Crippen molar-refractivity contribution < 1.29 is 22.4 Å². The monoisotopic (exact) mass is 463 g/mol. The van der Waals surface area contributed by atoms with E-state index in [0.717, 1.165) is 0 Å². The average molecular weight is 464 g/mol. The van der Waals surface area contributed by atoms with E-state index in [4.69, 9.17) is 32.4 Å². The molecule has 1 atom stereocenters. The van der Waals surface area contributed by atoms with Crippen LogP contribution in [0.1, 0.15) is 52.1 Å². The molecule has 0 aliphatic heterocycles. The van der Waals surface area contributed by atoms with Gasteiger partial charge in [-0.2, -0.15) is 0 Å². The first kappa shape index (κ1) is 23.4. The first-order chi connectivity index (χ1) is 13.3. The maximum absolute atomic E-state index is 12.6. The number of alkyl carbamates (subject to hydrolysis) is 1. The Bertz CT molecular complexity index is 984. The van der Waals surface area contributed by atoms with Gasteiger partial charge in [-0.15, -0.1) is 5.10 Å². The summed E-state index contributed by atoms with van der Waals surface area (Å²) < 4.78 is 35.9. The molecule has 1 aromatic heterocycles. The third kappa shape index (κ3) is 6.58. The fourth-order valence-electron chi connectivity index (χ4n) is 2.33. The zero-order chi connectivity index (χ0) is 22.0. The van der Waals surface area contributed by atoms with Crippen LogP contribution in [0.4, 0.5) is 4.79 Å². The van der Waals surface area contributed by atoms with Gasteiger partial charge in [0.25, 0.3) is 0 Å². The molecule has 0 saturated carbocycles. The third-order valence-electron chi connectivity index (χ3n) is 3.63. The predicted molar refractivity (Wildman–Crippen MR) is 109 cm³/mol. The summed E-state index contributed by atoms with van der Waals surface area (Å²) in [7, 11) is -3.92. The number of hydrogen-bond donors (Lipinski definition) is 1. The lowest BCUT2D eigenvalue weighted by molar-refractivity contribution is 0.0477. The second-order valence-electron chi connectivity index (χ2n) is 7.78. The molecule has 0 fully saturated rings. The number of halogens is 2. The highest BCUT2D eigenvalue weighted by molar-refractivity contribution is 7.90. The lowest BCUT2D eigenvalue weighted by Gasteiger charge is -2.23. The fourth-order valence-corrected chi connectivity index (χ4v) is 3.77. The van der Waals surface area contributed by atoms with Crippen LogP contribution >= 0.6 is 23.2 Å². The van der Waals surface area contributed by atoms with Crippen molar-refractivity contribution in [2.24, 2.45) is 5.92 Å². The van der Waals surface area contributed by atoms with Crippen LogP contribution in [0.25, 0.3) is 0 Å². The summed E-state index contributed by atoms with van der Waals surface area (Å²) in [6.07, 6.45) is -0.672. The zero-order valence-electron chi connectivity index (χ0n) is 16.7. The van der Waals surface area contributed by atoms with Crippen LogP contribution in [-0.2, 0) is 20.3 Å². The number of benzene rings is 1. The predicted octanol–water partition coefficient (Wildman–Crippen LogP) is 4.57. The van der Waals surface area contributed by atoms with Gasteiger partial charge < -0.3 is 14.5 Å². The topological polar surface area (TPSA) is 111 Å². The summed E-state index contributed by atoms with van der Waals surface area (Å²) in [5.74, 6) is -0.579. The first-order valence-corrected chi connectivity index (χ1v) is 11.2. The molecule has 1 heterocycles. The van der Waals surface area contributed by atoms with Gasteiger partial charge in [0, 0.05) is 0 Å². The molecule has 2 rings (SSSR count). The van der Waals surface area contributed by atoms with Crippen LogP contribution in [0, 0.1) is 5.92 Å². The van der Waals surface area contributed by atoms with Crippen LogP contribution in [0.15, 0.2) is 27.8 Å². The van der Waals surface area contributed by atoms with Gasteiger partial charge in [-0.1, -0.05) is 48.2 Å². The number of hydrogen-bond acceptors (Lipinski definition) is 7. The maximum Gasteiger partial charge on any atom is 0.408 e. The van der Waals surface area contributed by atoms with E-state index in [1.54, 1.807) is 26.8 Å². The van der Waals surface area contributed by atoms with Crippen LogP contribution in [-0.4, -0.2) is 30.3 Å². The van der Waals surface area contributed by atoms with Gasteiger partial charge in [-0.25, -0.2) is 13.2 Å². The lowest BCUT2D eigenvalue weighted by Crippen LogP contribution is -2.37. The van der Waals surface area contributed by atoms with E-state index in [1.807, 2.05) is 13.8 Å². The number of carbonyl (C=O) groups is 1. The van der Waals surface area contributed by atoms with Crippen molar-refractivity contribution in [3.8, 4) is 0 Å². The van der Waals surface area contributed by atoms with Gasteiger partial charge in [-0.3, -0.25) is 0 Å². The molecule has 11 heteroatoms. The smallest absolute Gasteiger partial charge is 0.408 e. The van der Waals surface area contributed by atoms with Crippen LogP contribution in [0.5, 0.6) is 0 Å². The SMILES string of the molecule is CC(C)[C@H](NC(=O)OC(C)(C)C)c1nnc(S(=O)(=O)Cc2ccc(Cl)c(Cl)c2)o1. The molecule has 8 nitrogen and oxygen atoms in total. The number of aromatic nitrogens is 2. The molecule has 2 aromatic rings. The Labute approximate surface area is 179 Å². The molecule has 0 radical (unpaired) electrons. The first-order valence-electron chi connectivity index (χ1n) is 8.78. The fraction of sp³-hybridized carbons (Fsp3) is 0.500. The largest absolute Gasteiger partial charge is 0.444 e. The van der Waals surface area contributed by atoms with Gasteiger partial charge in [0.15, 0.2) is 0 Å². The number of carbonyl (C=O) groups excluding carboxylic acids is 1. The number of nitrogens with one attached hydrogen (secondary N) is 1. The Hall–Kier alpha value is -1.84. The molecule has 0 unspecified atom stereocenters. The zero-order valence-corrected chi connectivity index (χ0v) is 19.0. The Balaban J connectivity index is 2.21. The summed E-state index contributed by atoms with van der Waals surface area (Å²) >= 11 is 11.8. The average Bonchev–Trinajstić information content (AvgIpc) is 3.04. The molecule has 1 aromatic carbocycles. The minimum absolute atomic E-state index is 0.0291. The Morgan fingerprint density at radius 2 is 1.86 bits per heavy atom. The Morgan fingerprint density at radius 1 is 1.21 bits per heavy atom. The van der Waals surface area contributed by atoms with Crippen LogP contribution in [0.3, 0.4) is 0 Å². The van der Waals surface area contributed by atoms with Gasteiger partial charge in [0.05, 0.1) is 15.8 Å². The summed E-state index contributed by atoms with van der Waals surface area (Å²) in [6, 6.07) is 3.79. The molecule has 0 aliphatic rings. The second-order valence-corrected chi connectivity index (χ2v) is 10.5. The summed E-state index contributed by atoms with van der Waals surface area (Å²) in [5, 5.41) is 10.1. The molecule has 0 spiro atoms. The van der Waals surface area contributed by atoms with E-state index in [1.165, 1.54) is 12.1 Å². The molecular weight excluding hydrogens is 441 g/mol. The quantitative estimate of drug-likeness (QED) is 0.667. The lowest BCUT2D eigenvalue weighted by atomic mass is 10.1. The highest BCUT2D eigenvalue weighted by Gasteiger charge is 2.30. The van der Waals surface area contributed by atoms with E-state index >= 15 is 0 Å². The van der Waals surface area contributed by atoms with E-state index in [0.29, 0.717) is 10.6 Å². The van der Waals surface area contributed by atoms with Crippen LogP contribution < -0.4 is 5.32 Å². The van der Waals surface area contributed by atoms with Gasteiger partial charge in [-0.05, 0) is 44.4 Å². The Morgan fingerprint density at radius 3 is 2.41 bits per heavy atom. The highest BCUT2D eigenvalue weighted by atomic mass is 35.5. The number of rotatable bonds is 6. The molecule has 0 aliphatic carbocycles. The van der Waals surface area contributed by atoms with Crippen molar-refractivity contribution in [3.05, 3.63) is 39.7 Å². The number of amides is 1.